The number of carbonyl (C=O) groups excluding carboxylic acids is 1. The predicted molar refractivity (Wildman–Crippen MR) is 88.3 cm³/mol. The van der Waals surface area contributed by atoms with Crippen molar-refractivity contribution in [2.45, 2.75) is 38.1 Å². The predicted octanol–water partition coefficient (Wildman–Crippen LogP) is 2.99. The Labute approximate surface area is 141 Å². The van der Waals surface area contributed by atoms with E-state index in [0.29, 0.717) is 11.3 Å². The lowest BCUT2D eigenvalue weighted by molar-refractivity contribution is 0.0928. The summed E-state index contributed by atoms with van der Waals surface area (Å²) >= 11 is 0. The van der Waals surface area contributed by atoms with E-state index in [1.807, 2.05) is 0 Å². The highest BCUT2D eigenvalue weighted by Gasteiger charge is 2.16. The summed E-state index contributed by atoms with van der Waals surface area (Å²) in [5.41, 5.74) is 0.675. The Morgan fingerprint density at radius 3 is 2.12 bits per heavy atom. The van der Waals surface area contributed by atoms with E-state index in [0.717, 1.165) is 25.7 Å². The molecular formula is C18H17N5O. The summed E-state index contributed by atoms with van der Waals surface area (Å²) < 4.78 is 0. The number of allylic oxidation sites excluding steroid dienone is 2. The molecule has 1 amide bonds. The van der Waals surface area contributed by atoms with Crippen LogP contribution in [0.25, 0.3) is 0 Å². The Balaban J connectivity index is 2.04. The largest absolute Gasteiger partial charge is 0.349 e. The fourth-order valence-electron chi connectivity index (χ4n) is 2.65. The van der Waals surface area contributed by atoms with Crippen molar-refractivity contribution in [1.82, 2.24) is 5.32 Å². The molecule has 24 heavy (non-hydrogen) atoms. The van der Waals surface area contributed by atoms with Crippen LogP contribution in [0.2, 0.25) is 0 Å². The number of anilines is 1. The first-order chi connectivity index (χ1) is 11.7. The molecule has 0 bridgehead atoms. The van der Waals surface area contributed by atoms with Gasteiger partial charge >= 0.3 is 0 Å². The van der Waals surface area contributed by atoms with Crippen LogP contribution in [0.5, 0.6) is 0 Å². The van der Waals surface area contributed by atoms with Crippen LogP contribution in [-0.4, -0.2) is 11.9 Å². The molecule has 6 heteroatoms. The maximum atomic E-state index is 12.2. The second-order valence-corrected chi connectivity index (χ2v) is 5.60. The lowest BCUT2D eigenvalue weighted by Gasteiger charge is -2.22. The third kappa shape index (κ3) is 4.35. The van der Waals surface area contributed by atoms with E-state index in [1.54, 1.807) is 42.5 Å². The van der Waals surface area contributed by atoms with Crippen molar-refractivity contribution < 1.29 is 4.79 Å². The van der Waals surface area contributed by atoms with Gasteiger partial charge in [-0.25, -0.2) is 0 Å². The topological polar surface area (TPSA) is 112 Å². The summed E-state index contributed by atoms with van der Waals surface area (Å²) in [6, 6.07) is 11.9. The van der Waals surface area contributed by atoms with Crippen molar-refractivity contribution in [3.05, 3.63) is 41.1 Å². The van der Waals surface area contributed by atoms with Gasteiger partial charge in [-0.15, -0.1) is 0 Å². The molecule has 1 aliphatic rings. The second-order valence-electron chi connectivity index (χ2n) is 5.60. The first kappa shape index (κ1) is 17.1. The lowest BCUT2D eigenvalue weighted by atomic mass is 9.95. The van der Waals surface area contributed by atoms with Gasteiger partial charge in [0.15, 0.2) is 5.57 Å². The molecule has 0 saturated heterocycles. The number of nitriles is 3. The normalized spacial score (nSPS) is 13.7. The van der Waals surface area contributed by atoms with E-state index in [1.165, 1.54) is 6.42 Å². The van der Waals surface area contributed by atoms with Gasteiger partial charge in [0, 0.05) is 17.3 Å². The highest BCUT2D eigenvalue weighted by atomic mass is 16.1. The monoisotopic (exact) mass is 319 g/mol. The average Bonchev–Trinajstić information content (AvgIpc) is 2.63. The molecule has 1 saturated carbocycles. The molecule has 1 aliphatic carbocycles. The minimum Gasteiger partial charge on any atom is -0.349 e. The number of rotatable bonds is 4. The molecule has 0 unspecified atom stereocenters. The standard InChI is InChI=1S/C18H17N5O/c19-10-14(11-20)17(12-21)22-16-8-6-13(7-9-16)18(24)23-15-4-2-1-3-5-15/h6-9,15,22H,1-5H2,(H,23,24). The summed E-state index contributed by atoms with van der Waals surface area (Å²) in [5.74, 6) is -0.112. The summed E-state index contributed by atoms with van der Waals surface area (Å²) in [6.07, 6.45) is 5.57. The molecule has 1 aromatic carbocycles. The van der Waals surface area contributed by atoms with Gasteiger partial charge in [-0.3, -0.25) is 4.79 Å². The fraction of sp³-hybridized carbons (Fsp3) is 0.333. The van der Waals surface area contributed by atoms with Crippen molar-refractivity contribution in [2.75, 3.05) is 5.32 Å². The molecule has 1 fully saturated rings. The number of hydrogen-bond donors (Lipinski definition) is 2. The Bertz CT molecular complexity index is 737. The first-order valence-corrected chi connectivity index (χ1v) is 7.80. The number of benzene rings is 1. The summed E-state index contributed by atoms with van der Waals surface area (Å²) in [4.78, 5) is 12.2. The van der Waals surface area contributed by atoms with Crippen molar-refractivity contribution in [3.63, 3.8) is 0 Å². The van der Waals surface area contributed by atoms with Gasteiger partial charge in [-0.05, 0) is 37.1 Å². The minimum absolute atomic E-state index is 0.112. The number of nitrogens with zero attached hydrogens (tertiary/aromatic N) is 3. The van der Waals surface area contributed by atoms with E-state index in [2.05, 4.69) is 10.6 Å². The Hall–Kier alpha value is -3.30. The summed E-state index contributed by atoms with van der Waals surface area (Å²) in [6.45, 7) is 0. The molecular weight excluding hydrogens is 302 g/mol. The van der Waals surface area contributed by atoms with Gasteiger partial charge in [-0.1, -0.05) is 19.3 Å². The minimum atomic E-state index is -0.281. The number of carbonyl (C=O) groups is 1. The maximum absolute atomic E-state index is 12.2. The van der Waals surface area contributed by atoms with Crippen LogP contribution in [0.3, 0.4) is 0 Å². The molecule has 2 rings (SSSR count). The second kappa shape index (κ2) is 8.36. The first-order valence-electron chi connectivity index (χ1n) is 7.80. The smallest absolute Gasteiger partial charge is 0.251 e. The number of hydrogen-bond acceptors (Lipinski definition) is 5. The third-order valence-electron chi connectivity index (χ3n) is 3.94. The summed E-state index contributed by atoms with van der Waals surface area (Å²) in [5, 5.41) is 32.4. The zero-order valence-corrected chi connectivity index (χ0v) is 13.2. The Morgan fingerprint density at radius 1 is 0.958 bits per heavy atom. The van der Waals surface area contributed by atoms with Gasteiger partial charge in [0.2, 0.25) is 0 Å². The van der Waals surface area contributed by atoms with Crippen molar-refractivity contribution in [1.29, 1.82) is 15.8 Å². The molecule has 1 aromatic rings. The van der Waals surface area contributed by atoms with E-state index in [9.17, 15) is 4.79 Å². The Morgan fingerprint density at radius 2 is 1.58 bits per heavy atom. The lowest BCUT2D eigenvalue weighted by Crippen LogP contribution is -2.36. The van der Waals surface area contributed by atoms with Gasteiger partial charge in [-0.2, -0.15) is 15.8 Å². The van der Waals surface area contributed by atoms with Gasteiger partial charge < -0.3 is 10.6 Å². The molecule has 0 atom stereocenters. The average molecular weight is 319 g/mol. The van der Waals surface area contributed by atoms with Gasteiger partial charge in [0.25, 0.3) is 5.91 Å². The molecule has 6 nitrogen and oxygen atoms in total. The quantitative estimate of drug-likeness (QED) is 0.828. The van der Waals surface area contributed by atoms with E-state index < -0.39 is 0 Å². The zero-order valence-electron chi connectivity index (χ0n) is 13.2. The van der Waals surface area contributed by atoms with E-state index in [-0.39, 0.29) is 23.2 Å². The van der Waals surface area contributed by atoms with Crippen LogP contribution >= 0.6 is 0 Å². The number of amides is 1. The van der Waals surface area contributed by atoms with Crippen LogP contribution in [0.4, 0.5) is 5.69 Å². The molecule has 120 valence electrons. The highest BCUT2D eigenvalue weighted by molar-refractivity contribution is 5.94. The molecule has 0 radical (unpaired) electrons. The molecule has 0 aliphatic heterocycles. The van der Waals surface area contributed by atoms with Crippen LogP contribution in [0, 0.1) is 34.0 Å². The van der Waals surface area contributed by atoms with Crippen molar-refractivity contribution in [3.8, 4) is 18.2 Å². The third-order valence-corrected chi connectivity index (χ3v) is 3.94. The van der Waals surface area contributed by atoms with Gasteiger partial charge in [0.1, 0.15) is 23.9 Å². The van der Waals surface area contributed by atoms with E-state index in [4.69, 9.17) is 15.8 Å². The molecule has 2 N–H and O–H groups in total. The summed E-state index contributed by atoms with van der Waals surface area (Å²) in [7, 11) is 0. The van der Waals surface area contributed by atoms with Crippen LogP contribution < -0.4 is 10.6 Å². The highest BCUT2D eigenvalue weighted by Crippen LogP contribution is 2.18. The van der Waals surface area contributed by atoms with Crippen LogP contribution in [0.15, 0.2) is 35.5 Å². The van der Waals surface area contributed by atoms with Crippen LogP contribution in [-0.2, 0) is 0 Å². The molecule has 0 heterocycles. The number of nitrogens with one attached hydrogen (secondary N) is 2. The maximum Gasteiger partial charge on any atom is 0.251 e. The van der Waals surface area contributed by atoms with Gasteiger partial charge in [0.05, 0.1) is 0 Å². The van der Waals surface area contributed by atoms with Crippen LogP contribution in [0.1, 0.15) is 42.5 Å². The SMILES string of the molecule is N#CC(C#N)=C(C#N)Nc1ccc(C(=O)NC2CCCCC2)cc1. The molecule has 0 aromatic heterocycles. The fourth-order valence-corrected chi connectivity index (χ4v) is 2.65. The van der Waals surface area contributed by atoms with Crippen molar-refractivity contribution in [2.24, 2.45) is 0 Å². The zero-order chi connectivity index (χ0) is 17.4. The molecule has 0 spiro atoms. The Kier molecular flexibility index (Phi) is 5.95. The van der Waals surface area contributed by atoms with E-state index >= 15 is 0 Å². The van der Waals surface area contributed by atoms with Crippen molar-refractivity contribution >= 4 is 11.6 Å².